The summed E-state index contributed by atoms with van der Waals surface area (Å²) in [4.78, 5) is 17.2. The van der Waals surface area contributed by atoms with E-state index in [0.717, 1.165) is 21.4 Å². The van der Waals surface area contributed by atoms with E-state index in [-0.39, 0.29) is 11.4 Å². The van der Waals surface area contributed by atoms with Crippen LogP contribution in [0.2, 0.25) is 10.0 Å². The zero-order valence-electron chi connectivity index (χ0n) is 19.0. The molecule has 0 aliphatic carbocycles. The van der Waals surface area contributed by atoms with Crippen LogP contribution in [0.3, 0.4) is 0 Å². The summed E-state index contributed by atoms with van der Waals surface area (Å²) in [5, 5.41) is 24.1. The van der Waals surface area contributed by atoms with Crippen LogP contribution >= 0.6 is 39.1 Å². The monoisotopic (exact) mass is 596 g/mol. The molecule has 0 aliphatic heterocycles. The van der Waals surface area contributed by atoms with Gasteiger partial charge >= 0.3 is 6.03 Å². The standard InChI is InChI=1S/C26H19BrCl2N6O2/c27-19-14-31-35-24(12-21(33-25(19)35)18-6-1-2-7-20(18)29)30-13-15-4-3-5-17(10-15)32-26(37)34-22-11-16(28)8-9-23(22)36/h1-12,14,30,36H,13H2,(H2,32,34,37). The van der Waals surface area contributed by atoms with Crippen molar-refractivity contribution in [2.75, 3.05) is 16.0 Å². The SMILES string of the molecule is O=C(Nc1cccc(CNc2cc(-c3ccccc3Cl)nc3c(Br)cnn23)c1)Nc1cc(Cl)ccc1O. The van der Waals surface area contributed by atoms with Gasteiger partial charge in [0.05, 0.1) is 22.1 Å². The highest BCUT2D eigenvalue weighted by Crippen LogP contribution is 2.31. The number of fused-ring (bicyclic) bond motifs is 1. The third-order valence-corrected chi connectivity index (χ3v) is 6.57. The summed E-state index contributed by atoms with van der Waals surface area (Å²) >= 11 is 15.9. The lowest BCUT2D eigenvalue weighted by Crippen LogP contribution is -2.19. The largest absolute Gasteiger partial charge is 0.506 e. The van der Waals surface area contributed by atoms with Gasteiger partial charge in [-0.05, 0) is 57.9 Å². The molecule has 4 N–H and O–H groups in total. The molecule has 0 atom stereocenters. The van der Waals surface area contributed by atoms with E-state index in [1.165, 1.54) is 18.2 Å². The smallest absolute Gasteiger partial charge is 0.323 e. The van der Waals surface area contributed by atoms with Crippen molar-refractivity contribution < 1.29 is 9.90 Å². The fourth-order valence-corrected chi connectivity index (χ4v) is 4.47. The van der Waals surface area contributed by atoms with E-state index in [2.05, 4.69) is 37.0 Å². The molecule has 5 rings (SSSR count). The van der Waals surface area contributed by atoms with Crippen molar-refractivity contribution in [1.29, 1.82) is 0 Å². The highest BCUT2D eigenvalue weighted by atomic mass is 79.9. The molecule has 11 heteroatoms. The lowest BCUT2D eigenvalue weighted by atomic mass is 10.1. The molecular weight excluding hydrogens is 579 g/mol. The molecule has 3 aromatic carbocycles. The Balaban J connectivity index is 1.34. The second-order valence-electron chi connectivity index (χ2n) is 8.03. The van der Waals surface area contributed by atoms with Crippen LogP contribution in [0.4, 0.5) is 22.0 Å². The van der Waals surface area contributed by atoms with Gasteiger partial charge in [-0.15, -0.1) is 0 Å². The van der Waals surface area contributed by atoms with Gasteiger partial charge in [0, 0.05) is 33.9 Å². The number of phenols is 1. The van der Waals surface area contributed by atoms with Crippen molar-refractivity contribution in [3.05, 3.63) is 99.1 Å². The van der Waals surface area contributed by atoms with Crippen LogP contribution in [-0.2, 0) is 6.54 Å². The third-order valence-electron chi connectivity index (χ3n) is 5.44. The summed E-state index contributed by atoms with van der Waals surface area (Å²) in [6.45, 7) is 0.449. The number of nitrogens with one attached hydrogen (secondary N) is 3. The Labute approximate surface area is 230 Å². The summed E-state index contributed by atoms with van der Waals surface area (Å²) in [7, 11) is 0. The van der Waals surface area contributed by atoms with E-state index in [0.29, 0.717) is 33.6 Å². The highest BCUT2D eigenvalue weighted by Gasteiger charge is 2.14. The van der Waals surface area contributed by atoms with Gasteiger partial charge in [-0.2, -0.15) is 9.61 Å². The van der Waals surface area contributed by atoms with Gasteiger partial charge in [-0.3, -0.25) is 0 Å². The van der Waals surface area contributed by atoms with Gasteiger partial charge in [0.1, 0.15) is 11.6 Å². The Bertz CT molecular complexity index is 1620. The van der Waals surface area contributed by atoms with E-state index in [1.54, 1.807) is 16.8 Å². The minimum absolute atomic E-state index is 0.0809. The van der Waals surface area contributed by atoms with Crippen LogP contribution in [0.5, 0.6) is 5.75 Å². The first-order chi connectivity index (χ1) is 17.9. The lowest BCUT2D eigenvalue weighted by molar-refractivity contribution is 0.262. The van der Waals surface area contributed by atoms with Crippen LogP contribution in [0.1, 0.15) is 5.56 Å². The highest BCUT2D eigenvalue weighted by molar-refractivity contribution is 9.10. The second-order valence-corrected chi connectivity index (χ2v) is 9.73. The Kier molecular flexibility index (Phi) is 7.18. The summed E-state index contributed by atoms with van der Waals surface area (Å²) in [6, 6.07) is 20.7. The average Bonchev–Trinajstić information content (AvgIpc) is 3.26. The Hall–Kier alpha value is -3.79. The maximum atomic E-state index is 12.5. The Morgan fingerprint density at radius 2 is 1.84 bits per heavy atom. The molecule has 2 amide bonds. The third kappa shape index (κ3) is 5.64. The van der Waals surface area contributed by atoms with Crippen LogP contribution in [-0.4, -0.2) is 25.7 Å². The molecule has 0 fully saturated rings. The van der Waals surface area contributed by atoms with Crippen molar-refractivity contribution in [2.45, 2.75) is 6.54 Å². The minimum Gasteiger partial charge on any atom is -0.506 e. The molecule has 0 aliphatic rings. The van der Waals surface area contributed by atoms with Crippen molar-refractivity contribution in [3.8, 4) is 17.0 Å². The summed E-state index contributed by atoms with van der Waals surface area (Å²) in [5.74, 6) is 0.640. The number of anilines is 3. The van der Waals surface area contributed by atoms with Crippen molar-refractivity contribution >= 4 is 68.0 Å². The molecular formula is C26H19BrCl2N6O2. The first-order valence-corrected chi connectivity index (χ1v) is 12.6. The molecule has 2 aromatic heterocycles. The molecule has 37 heavy (non-hydrogen) atoms. The second kappa shape index (κ2) is 10.7. The van der Waals surface area contributed by atoms with Crippen LogP contribution < -0.4 is 16.0 Å². The van der Waals surface area contributed by atoms with Crippen molar-refractivity contribution in [3.63, 3.8) is 0 Å². The minimum atomic E-state index is -0.510. The number of phenolic OH excluding ortho intramolecular Hbond substituents is 1. The molecule has 0 unspecified atom stereocenters. The van der Waals surface area contributed by atoms with E-state index in [1.807, 2.05) is 48.5 Å². The predicted molar refractivity (Wildman–Crippen MR) is 151 cm³/mol. The zero-order chi connectivity index (χ0) is 25.9. The number of carbonyl (C=O) groups excluding carboxylic acids is 1. The number of nitrogens with zero attached hydrogens (tertiary/aromatic N) is 3. The number of urea groups is 1. The summed E-state index contributed by atoms with van der Waals surface area (Å²) in [6.07, 6.45) is 1.69. The fourth-order valence-electron chi connectivity index (χ4n) is 3.71. The zero-order valence-corrected chi connectivity index (χ0v) is 22.1. The number of rotatable bonds is 6. The van der Waals surface area contributed by atoms with Gasteiger partial charge in [-0.25, -0.2) is 9.78 Å². The number of benzene rings is 3. The van der Waals surface area contributed by atoms with Crippen molar-refractivity contribution in [2.24, 2.45) is 0 Å². The predicted octanol–water partition coefficient (Wildman–Crippen LogP) is 7.43. The Morgan fingerprint density at radius 1 is 1.00 bits per heavy atom. The molecule has 5 aromatic rings. The number of hydrogen-bond acceptors (Lipinski definition) is 5. The molecule has 8 nitrogen and oxygen atoms in total. The number of aromatic hydroxyl groups is 1. The first-order valence-electron chi connectivity index (χ1n) is 11.1. The van der Waals surface area contributed by atoms with Crippen LogP contribution in [0.15, 0.2) is 83.5 Å². The maximum absolute atomic E-state index is 12.5. The molecule has 0 spiro atoms. The Morgan fingerprint density at radius 3 is 2.68 bits per heavy atom. The molecule has 186 valence electrons. The normalized spacial score (nSPS) is 10.9. The van der Waals surface area contributed by atoms with Gasteiger partial charge in [-0.1, -0.05) is 53.5 Å². The van der Waals surface area contributed by atoms with Gasteiger partial charge in [0.15, 0.2) is 5.65 Å². The summed E-state index contributed by atoms with van der Waals surface area (Å²) < 4.78 is 2.46. The fraction of sp³-hybridized carbons (Fsp3) is 0.0385. The topological polar surface area (TPSA) is 104 Å². The van der Waals surface area contributed by atoms with Crippen LogP contribution in [0.25, 0.3) is 16.9 Å². The number of halogens is 3. The number of aromatic nitrogens is 3. The molecule has 0 bridgehead atoms. The van der Waals surface area contributed by atoms with Gasteiger partial charge in [0.25, 0.3) is 0 Å². The molecule has 0 saturated heterocycles. The van der Waals surface area contributed by atoms with E-state index < -0.39 is 6.03 Å². The van der Waals surface area contributed by atoms with E-state index in [4.69, 9.17) is 28.2 Å². The average molecular weight is 598 g/mol. The first kappa shape index (κ1) is 24.9. The number of hydrogen-bond donors (Lipinski definition) is 4. The molecule has 0 saturated carbocycles. The maximum Gasteiger partial charge on any atom is 0.323 e. The molecule has 0 radical (unpaired) electrons. The van der Waals surface area contributed by atoms with Gasteiger partial charge < -0.3 is 21.1 Å². The quantitative estimate of drug-likeness (QED) is 0.152. The lowest BCUT2D eigenvalue weighted by Gasteiger charge is -2.13. The number of amides is 2. The van der Waals surface area contributed by atoms with Gasteiger partial charge in [0.2, 0.25) is 0 Å². The van der Waals surface area contributed by atoms with E-state index >= 15 is 0 Å². The van der Waals surface area contributed by atoms with Crippen LogP contribution in [0, 0.1) is 0 Å². The summed E-state index contributed by atoms with van der Waals surface area (Å²) in [5.41, 5.74) is 3.88. The number of carbonyl (C=O) groups is 1. The van der Waals surface area contributed by atoms with Crippen molar-refractivity contribution in [1.82, 2.24) is 14.6 Å². The molecule has 2 heterocycles. The van der Waals surface area contributed by atoms with E-state index in [9.17, 15) is 9.90 Å².